The van der Waals surface area contributed by atoms with E-state index < -0.39 is 0 Å². The minimum Gasteiger partial charge on any atom is -0.462 e. The van der Waals surface area contributed by atoms with E-state index in [-0.39, 0.29) is 5.78 Å². The van der Waals surface area contributed by atoms with Gasteiger partial charge in [-0.2, -0.15) is 0 Å². The first-order valence-corrected chi connectivity index (χ1v) is 5.43. The van der Waals surface area contributed by atoms with Crippen LogP contribution < -0.4 is 0 Å². The largest absolute Gasteiger partial charge is 0.462 e. The Kier molecular flexibility index (Phi) is 8.00. The van der Waals surface area contributed by atoms with Crippen LogP contribution in [0.1, 0.15) is 20.3 Å². The molecule has 0 saturated carbocycles. The zero-order valence-electron chi connectivity index (χ0n) is 9.90. The molecule has 4 heteroatoms. The molecule has 0 aromatic heterocycles. The molecule has 2 aliphatic rings. The second kappa shape index (κ2) is 8.81. The fraction of sp³-hybridized carbons (Fsp3) is 0.583. The maximum Gasteiger partial charge on any atom is 0.163 e. The van der Waals surface area contributed by atoms with Gasteiger partial charge in [-0.15, -0.1) is 0 Å². The molecule has 2 rings (SSSR count). The smallest absolute Gasteiger partial charge is 0.163 e. The highest BCUT2D eigenvalue weighted by molar-refractivity contribution is 5.98. The highest BCUT2D eigenvalue weighted by Gasteiger charge is 2.22. The van der Waals surface area contributed by atoms with Crippen LogP contribution >= 0.6 is 0 Å². The van der Waals surface area contributed by atoms with E-state index in [9.17, 15) is 4.79 Å². The standard InChI is InChI=1S/C8H11NO2.C2H2O.C2H6/c10-8-5-7(6-8)9-1-3-11-4-2-9;1-2-3;1-2/h5H,1-4,6H2;1,3H;1-2H3. The van der Waals surface area contributed by atoms with Crippen LogP contribution in [-0.2, 0) is 9.53 Å². The van der Waals surface area contributed by atoms with Gasteiger partial charge in [-0.3, -0.25) is 4.79 Å². The molecule has 16 heavy (non-hydrogen) atoms. The van der Waals surface area contributed by atoms with Crippen molar-refractivity contribution in [1.29, 1.82) is 0 Å². The summed E-state index contributed by atoms with van der Waals surface area (Å²) in [6, 6.07) is 0. The Bertz CT molecular complexity index is 272. The number of morpholine rings is 1. The molecule has 0 spiro atoms. The van der Waals surface area contributed by atoms with Gasteiger partial charge in [-0.1, -0.05) is 20.3 Å². The monoisotopic (exact) mass is 225 g/mol. The Morgan fingerprint density at radius 3 is 2.25 bits per heavy atom. The third-order valence-electron chi connectivity index (χ3n) is 2.10. The minimum absolute atomic E-state index is 0.256. The number of aliphatic hydroxyl groups excluding tert-OH is 1. The molecule has 0 aromatic rings. The summed E-state index contributed by atoms with van der Waals surface area (Å²) < 4.78 is 5.19. The summed E-state index contributed by atoms with van der Waals surface area (Å²) in [6.45, 7) is 7.48. The van der Waals surface area contributed by atoms with Gasteiger partial charge in [0.25, 0.3) is 0 Å². The van der Waals surface area contributed by atoms with E-state index in [1.54, 1.807) is 6.08 Å². The van der Waals surface area contributed by atoms with Crippen molar-refractivity contribution in [3.8, 4) is 12.5 Å². The molecule has 90 valence electrons. The second-order valence-corrected chi connectivity index (χ2v) is 3.01. The van der Waals surface area contributed by atoms with Crippen molar-refractivity contribution in [2.45, 2.75) is 20.3 Å². The van der Waals surface area contributed by atoms with E-state index in [1.807, 2.05) is 13.8 Å². The predicted octanol–water partition coefficient (Wildman–Crippen LogP) is 1.15. The van der Waals surface area contributed by atoms with E-state index >= 15 is 0 Å². The molecule has 0 unspecified atom stereocenters. The summed E-state index contributed by atoms with van der Waals surface area (Å²) in [5, 5.41) is 7.10. The molecule has 1 heterocycles. The Morgan fingerprint density at radius 2 is 1.88 bits per heavy atom. The van der Waals surface area contributed by atoms with Crippen LogP contribution in [0.4, 0.5) is 0 Å². The summed E-state index contributed by atoms with van der Waals surface area (Å²) in [5.74, 6) is 0.256. The first-order valence-electron chi connectivity index (χ1n) is 5.43. The maximum atomic E-state index is 10.6. The Labute approximate surface area is 96.9 Å². The number of carbonyl (C=O) groups excluding carboxylic acids is 1. The number of rotatable bonds is 1. The van der Waals surface area contributed by atoms with E-state index in [2.05, 4.69) is 11.3 Å². The first kappa shape index (κ1) is 14.5. The van der Waals surface area contributed by atoms with Gasteiger partial charge >= 0.3 is 0 Å². The molecule has 0 aromatic carbocycles. The zero-order valence-corrected chi connectivity index (χ0v) is 9.90. The number of terminal acetylenes is 1. The number of aliphatic hydroxyl groups is 1. The second-order valence-electron chi connectivity index (χ2n) is 3.01. The average Bonchev–Trinajstić information content (AvgIpc) is 2.30. The summed E-state index contributed by atoms with van der Waals surface area (Å²) in [6.07, 6.45) is 7.77. The molecule has 4 nitrogen and oxygen atoms in total. The molecule has 1 aliphatic carbocycles. The van der Waals surface area contributed by atoms with Crippen LogP contribution in [0, 0.1) is 12.5 Å². The number of hydrogen-bond acceptors (Lipinski definition) is 4. The maximum absolute atomic E-state index is 10.6. The molecule has 0 amide bonds. The summed E-state index contributed by atoms with van der Waals surface area (Å²) in [7, 11) is 0. The number of ether oxygens (including phenoxy) is 1. The van der Waals surface area contributed by atoms with Crippen LogP contribution in [0.25, 0.3) is 0 Å². The molecular weight excluding hydrogens is 206 g/mol. The third kappa shape index (κ3) is 4.85. The molecule has 1 N–H and O–H groups in total. The van der Waals surface area contributed by atoms with Crippen LogP contribution in [0.5, 0.6) is 0 Å². The fourth-order valence-electron chi connectivity index (χ4n) is 1.39. The Hall–Kier alpha value is -1.47. The van der Waals surface area contributed by atoms with Gasteiger partial charge in [0, 0.05) is 24.9 Å². The van der Waals surface area contributed by atoms with Gasteiger partial charge in [0.15, 0.2) is 5.78 Å². The van der Waals surface area contributed by atoms with Gasteiger partial charge in [0.1, 0.15) is 6.11 Å². The van der Waals surface area contributed by atoms with E-state index in [1.165, 1.54) is 11.8 Å². The van der Waals surface area contributed by atoms with Gasteiger partial charge in [-0.25, -0.2) is 0 Å². The van der Waals surface area contributed by atoms with Crippen LogP contribution in [0.3, 0.4) is 0 Å². The van der Waals surface area contributed by atoms with Gasteiger partial charge in [0.05, 0.1) is 19.6 Å². The summed E-state index contributed by atoms with van der Waals surface area (Å²) in [5.41, 5.74) is 1.19. The molecule has 0 radical (unpaired) electrons. The number of nitrogens with zero attached hydrogens (tertiary/aromatic N) is 1. The lowest BCUT2D eigenvalue weighted by atomic mass is 10.0. The molecule has 1 saturated heterocycles. The minimum atomic E-state index is 0.256. The van der Waals surface area contributed by atoms with E-state index in [4.69, 9.17) is 9.84 Å². The van der Waals surface area contributed by atoms with Crippen molar-refractivity contribution in [1.82, 2.24) is 4.90 Å². The van der Waals surface area contributed by atoms with Crippen LogP contribution in [-0.4, -0.2) is 42.1 Å². The molecule has 0 bridgehead atoms. The van der Waals surface area contributed by atoms with Crippen molar-refractivity contribution in [3.63, 3.8) is 0 Å². The van der Waals surface area contributed by atoms with Crippen molar-refractivity contribution in [2.75, 3.05) is 26.3 Å². The number of ketones is 1. The quantitative estimate of drug-likeness (QED) is 0.680. The van der Waals surface area contributed by atoms with Crippen molar-refractivity contribution >= 4 is 5.78 Å². The lowest BCUT2D eigenvalue weighted by Crippen LogP contribution is -2.38. The first-order chi connectivity index (χ1) is 7.77. The Morgan fingerprint density at radius 1 is 1.44 bits per heavy atom. The summed E-state index contributed by atoms with van der Waals surface area (Å²) >= 11 is 0. The number of hydrogen-bond donors (Lipinski definition) is 1. The van der Waals surface area contributed by atoms with Gasteiger partial charge in [-0.05, 0) is 0 Å². The molecule has 1 fully saturated rings. The highest BCUT2D eigenvalue weighted by atomic mass is 16.5. The lowest BCUT2D eigenvalue weighted by molar-refractivity contribution is -0.116. The fourth-order valence-corrected chi connectivity index (χ4v) is 1.39. The molecule has 1 aliphatic heterocycles. The highest BCUT2D eigenvalue weighted by Crippen LogP contribution is 2.19. The SMILES string of the molecule is C#CO.CC.O=C1C=C(N2CCOCC2)C1. The number of allylic oxidation sites excluding steroid dienone is 2. The van der Waals surface area contributed by atoms with Gasteiger partial charge in [0.2, 0.25) is 0 Å². The zero-order chi connectivity index (χ0) is 12.4. The van der Waals surface area contributed by atoms with Crippen molar-refractivity contribution < 1.29 is 14.6 Å². The van der Waals surface area contributed by atoms with Crippen LogP contribution in [0.2, 0.25) is 0 Å². The molecular formula is C12H19NO3. The normalized spacial score (nSPS) is 17.7. The van der Waals surface area contributed by atoms with Crippen molar-refractivity contribution in [2.24, 2.45) is 0 Å². The Balaban J connectivity index is 0.000000394. The number of carbonyl (C=O) groups is 1. The van der Waals surface area contributed by atoms with E-state index in [0.717, 1.165) is 26.3 Å². The predicted molar refractivity (Wildman–Crippen MR) is 62.2 cm³/mol. The third-order valence-corrected chi connectivity index (χ3v) is 2.10. The van der Waals surface area contributed by atoms with Crippen molar-refractivity contribution in [3.05, 3.63) is 11.8 Å². The van der Waals surface area contributed by atoms with E-state index in [0.29, 0.717) is 6.42 Å². The summed E-state index contributed by atoms with van der Waals surface area (Å²) in [4.78, 5) is 12.8. The topological polar surface area (TPSA) is 49.8 Å². The lowest BCUT2D eigenvalue weighted by Gasteiger charge is -2.33. The van der Waals surface area contributed by atoms with Gasteiger partial charge < -0.3 is 14.7 Å². The average molecular weight is 225 g/mol. The molecule has 0 atom stereocenters. The van der Waals surface area contributed by atoms with Crippen LogP contribution in [0.15, 0.2) is 11.8 Å².